The van der Waals surface area contributed by atoms with E-state index in [1.165, 1.54) is 0 Å². The van der Waals surface area contributed by atoms with Gasteiger partial charge in [-0.2, -0.15) is 9.78 Å². The third-order valence-corrected chi connectivity index (χ3v) is 3.39. The van der Waals surface area contributed by atoms with Gasteiger partial charge in [0.1, 0.15) is 11.6 Å². The lowest BCUT2D eigenvalue weighted by atomic mass is 10.1. The lowest BCUT2D eigenvalue weighted by Gasteiger charge is -2.05. The summed E-state index contributed by atoms with van der Waals surface area (Å²) in [4.78, 5) is 8.63. The fourth-order valence-corrected chi connectivity index (χ4v) is 2.42. The van der Waals surface area contributed by atoms with E-state index in [1.54, 1.807) is 10.7 Å². The van der Waals surface area contributed by atoms with Crippen LogP contribution in [0, 0.1) is 13.8 Å². The van der Waals surface area contributed by atoms with Crippen LogP contribution >= 0.6 is 11.6 Å². The molecule has 0 aliphatic rings. The average Bonchev–Trinajstić information content (AvgIpc) is 2.80. The Morgan fingerprint density at radius 3 is 2.57 bits per heavy atom. The van der Waals surface area contributed by atoms with Crippen molar-refractivity contribution in [2.24, 2.45) is 0 Å². The summed E-state index contributed by atoms with van der Waals surface area (Å²) in [7, 11) is 0. The SMILES string of the molecule is Cc1cc(-n2nc(-c3ccccc3Cl)cc2N)nc(C)n1. The molecule has 0 bridgehead atoms. The predicted molar refractivity (Wildman–Crippen MR) is 83.5 cm³/mol. The Kier molecular flexibility index (Phi) is 3.35. The average molecular weight is 300 g/mol. The van der Waals surface area contributed by atoms with Crippen molar-refractivity contribution in [2.45, 2.75) is 13.8 Å². The van der Waals surface area contributed by atoms with Crippen molar-refractivity contribution in [1.82, 2.24) is 19.7 Å². The van der Waals surface area contributed by atoms with Crippen LogP contribution in [0.1, 0.15) is 11.5 Å². The van der Waals surface area contributed by atoms with E-state index in [0.29, 0.717) is 28.2 Å². The summed E-state index contributed by atoms with van der Waals surface area (Å²) in [5.74, 6) is 1.83. The molecule has 0 aliphatic heterocycles. The molecule has 0 saturated heterocycles. The number of halogens is 1. The van der Waals surface area contributed by atoms with Crippen LogP contribution in [0.3, 0.4) is 0 Å². The van der Waals surface area contributed by atoms with Crippen molar-refractivity contribution in [3.05, 3.63) is 52.9 Å². The number of nitrogen functional groups attached to an aromatic ring is 1. The van der Waals surface area contributed by atoms with Gasteiger partial charge in [-0.25, -0.2) is 9.97 Å². The molecule has 0 aliphatic carbocycles. The molecule has 2 N–H and O–H groups in total. The number of hydrogen-bond acceptors (Lipinski definition) is 4. The highest BCUT2D eigenvalue weighted by molar-refractivity contribution is 6.33. The molecule has 5 nitrogen and oxygen atoms in total. The summed E-state index contributed by atoms with van der Waals surface area (Å²) in [6.07, 6.45) is 0. The van der Waals surface area contributed by atoms with E-state index in [4.69, 9.17) is 17.3 Å². The van der Waals surface area contributed by atoms with E-state index in [0.717, 1.165) is 11.3 Å². The quantitative estimate of drug-likeness (QED) is 0.789. The second kappa shape index (κ2) is 5.18. The molecule has 3 rings (SSSR count). The van der Waals surface area contributed by atoms with Crippen LogP contribution in [0.4, 0.5) is 5.82 Å². The van der Waals surface area contributed by atoms with Crippen LogP contribution in [0.2, 0.25) is 5.02 Å². The molecule has 1 aromatic carbocycles. The van der Waals surface area contributed by atoms with Gasteiger partial charge in [0.15, 0.2) is 5.82 Å². The smallest absolute Gasteiger partial charge is 0.159 e. The van der Waals surface area contributed by atoms with Crippen LogP contribution in [0.25, 0.3) is 17.1 Å². The van der Waals surface area contributed by atoms with Gasteiger partial charge in [-0.1, -0.05) is 29.8 Å². The zero-order valence-electron chi connectivity index (χ0n) is 11.7. The maximum atomic E-state index is 6.20. The Bertz CT molecular complexity index is 789. The Morgan fingerprint density at radius 1 is 1.10 bits per heavy atom. The number of anilines is 1. The first-order valence-corrected chi connectivity index (χ1v) is 6.85. The summed E-state index contributed by atoms with van der Waals surface area (Å²) in [6.45, 7) is 3.75. The second-order valence-corrected chi connectivity index (χ2v) is 5.17. The molecule has 0 fully saturated rings. The summed E-state index contributed by atoms with van der Waals surface area (Å²) >= 11 is 6.20. The zero-order valence-corrected chi connectivity index (χ0v) is 12.5. The number of hydrogen-bond donors (Lipinski definition) is 1. The molecule has 21 heavy (non-hydrogen) atoms. The minimum absolute atomic E-state index is 0.502. The van der Waals surface area contributed by atoms with E-state index in [1.807, 2.05) is 44.2 Å². The minimum atomic E-state index is 0.502. The predicted octanol–water partition coefficient (Wildman–Crippen LogP) is 3.18. The van der Waals surface area contributed by atoms with Gasteiger partial charge in [-0.15, -0.1) is 0 Å². The van der Waals surface area contributed by atoms with E-state index in [9.17, 15) is 0 Å². The molecule has 0 spiro atoms. The van der Waals surface area contributed by atoms with Gasteiger partial charge in [-0.05, 0) is 19.9 Å². The van der Waals surface area contributed by atoms with Crippen LogP contribution in [-0.4, -0.2) is 19.7 Å². The van der Waals surface area contributed by atoms with Crippen LogP contribution in [0.5, 0.6) is 0 Å². The van der Waals surface area contributed by atoms with Gasteiger partial charge >= 0.3 is 0 Å². The number of benzene rings is 1. The van der Waals surface area contributed by atoms with Crippen molar-refractivity contribution < 1.29 is 0 Å². The van der Waals surface area contributed by atoms with Crippen molar-refractivity contribution in [1.29, 1.82) is 0 Å². The van der Waals surface area contributed by atoms with E-state index in [2.05, 4.69) is 15.1 Å². The first-order chi connectivity index (χ1) is 10.0. The van der Waals surface area contributed by atoms with Gasteiger partial charge in [0.25, 0.3) is 0 Å². The topological polar surface area (TPSA) is 69.6 Å². The van der Waals surface area contributed by atoms with Crippen LogP contribution in [-0.2, 0) is 0 Å². The summed E-state index contributed by atoms with van der Waals surface area (Å²) < 4.78 is 1.60. The zero-order chi connectivity index (χ0) is 15.0. The van der Waals surface area contributed by atoms with Gasteiger partial charge in [-0.3, -0.25) is 0 Å². The van der Waals surface area contributed by atoms with Crippen molar-refractivity contribution in [3.63, 3.8) is 0 Å². The Hall–Kier alpha value is -2.40. The van der Waals surface area contributed by atoms with E-state index >= 15 is 0 Å². The maximum absolute atomic E-state index is 6.20. The Morgan fingerprint density at radius 2 is 1.86 bits per heavy atom. The number of nitrogens with two attached hydrogens (primary N) is 1. The molecule has 0 saturated carbocycles. The number of aromatic nitrogens is 4. The summed E-state index contributed by atoms with van der Waals surface area (Å²) in [6, 6.07) is 11.1. The van der Waals surface area contributed by atoms with Gasteiger partial charge < -0.3 is 5.73 Å². The summed E-state index contributed by atoms with van der Waals surface area (Å²) in [5, 5.41) is 5.15. The van der Waals surface area contributed by atoms with Crippen LogP contribution in [0.15, 0.2) is 36.4 Å². The Balaban J connectivity index is 2.12. The Labute approximate surface area is 127 Å². The van der Waals surface area contributed by atoms with Crippen molar-refractivity contribution >= 4 is 17.4 Å². The molecular weight excluding hydrogens is 286 g/mol. The lowest BCUT2D eigenvalue weighted by molar-refractivity contribution is 0.833. The molecular formula is C15H14ClN5. The molecule has 0 radical (unpaired) electrons. The fraction of sp³-hybridized carbons (Fsp3) is 0.133. The third-order valence-electron chi connectivity index (χ3n) is 3.06. The number of aryl methyl sites for hydroxylation is 2. The molecule has 0 atom stereocenters. The van der Waals surface area contributed by atoms with Crippen LogP contribution < -0.4 is 5.73 Å². The highest BCUT2D eigenvalue weighted by atomic mass is 35.5. The van der Waals surface area contributed by atoms with Gasteiger partial charge in [0.2, 0.25) is 0 Å². The second-order valence-electron chi connectivity index (χ2n) is 4.76. The first-order valence-electron chi connectivity index (χ1n) is 6.47. The molecule has 106 valence electrons. The molecule has 0 unspecified atom stereocenters. The van der Waals surface area contributed by atoms with E-state index < -0.39 is 0 Å². The standard InChI is InChI=1S/C15H14ClN5/c1-9-7-15(19-10(2)18-9)21-14(17)8-13(20-21)11-5-3-4-6-12(11)16/h3-8H,17H2,1-2H3. The minimum Gasteiger partial charge on any atom is -0.384 e. The molecule has 2 aromatic heterocycles. The highest BCUT2D eigenvalue weighted by Gasteiger charge is 2.12. The highest BCUT2D eigenvalue weighted by Crippen LogP contribution is 2.28. The van der Waals surface area contributed by atoms with E-state index in [-0.39, 0.29) is 0 Å². The third kappa shape index (κ3) is 2.60. The molecule has 3 aromatic rings. The van der Waals surface area contributed by atoms with Crippen molar-refractivity contribution in [2.75, 3.05) is 5.73 Å². The number of nitrogens with zero attached hydrogens (tertiary/aromatic N) is 4. The maximum Gasteiger partial charge on any atom is 0.159 e. The summed E-state index contributed by atoms with van der Waals surface area (Å²) in [5.41, 5.74) is 8.48. The fourth-order valence-electron chi connectivity index (χ4n) is 2.19. The van der Waals surface area contributed by atoms with Gasteiger partial charge in [0.05, 0.1) is 10.7 Å². The molecule has 2 heterocycles. The lowest BCUT2D eigenvalue weighted by Crippen LogP contribution is -2.06. The first kappa shape index (κ1) is 13.6. The largest absolute Gasteiger partial charge is 0.384 e. The number of rotatable bonds is 2. The monoisotopic (exact) mass is 299 g/mol. The normalized spacial score (nSPS) is 10.8. The van der Waals surface area contributed by atoms with Crippen molar-refractivity contribution in [3.8, 4) is 17.1 Å². The van der Waals surface area contributed by atoms with Gasteiger partial charge in [0, 0.05) is 23.4 Å². The molecule has 6 heteroatoms. The molecule has 0 amide bonds.